The Morgan fingerprint density at radius 3 is 2.75 bits per heavy atom. The zero-order valence-corrected chi connectivity index (χ0v) is 17.7. The summed E-state index contributed by atoms with van der Waals surface area (Å²) in [5.41, 5.74) is 6.25. The standard InChI is InChI=1S/C17H25N7O7S/c18-7(4-9(26)27)14(30)19-2-1-3-20-17-22-13-10(15(32)23-17)21-6-24(13)16-12(29)11(28)8(5-25)31-16/h6-8,11-12,16,25,28-29H,1-5,18H2,(H,19,30)(H,26,27)(H2,20,22,23,32)/t7?,8-,11+,12?,16-/m1/s1. The zero-order chi connectivity index (χ0) is 23.4. The lowest BCUT2D eigenvalue weighted by molar-refractivity contribution is -0.139. The van der Waals surface area contributed by atoms with E-state index in [0.29, 0.717) is 30.1 Å². The van der Waals surface area contributed by atoms with Gasteiger partial charge < -0.3 is 46.5 Å². The monoisotopic (exact) mass is 471 g/mol. The second kappa shape index (κ2) is 10.3. The third kappa shape index (κ3) is 5.20. The number of amides is 1. The molecular formula is C17H25N7O7S. The minimum absolute atomic E-state index is 0.194. The number of fused-ring (bicyclic) bond motifs is 1. The second-order valence-corrected chi connectivity index (χ2v) is 7.63. The Bertz CT molecular complexity index is 1030. The van der Waals surface area contributed by atoms with Crippen molar-refractivity contribution in [1.82, 2.24) is 24.8 Å². The van der Waals surface area contributed by atoms with E-state index < -0.39 is 55.5 Å². The van der Waals surface area contributed by atoms with Gasteiger partial charge in [0.15, 0.2) is 10.9 Å². The first-order chi connectivity index (χ1) is 15.2. The molecular weight excluding hydrogens is 446 g/mol. The van der Waals surface area contributed by atoms with Crippen LogP contribution in [0.15, 0.2) is 6.33 Å². The number of carboxylic acid groups (broad SMARTS) is 1. The Labute approximate surface area is 186 Å². The third-order valence-electron chi connectivity index (χ3n) is 4.91. The van der Waals surface area contributed by atoms with Gasteiger partial charge in [0.2, 0.25) is 11.9 Å². The molecule has 1 amide bonds. The molecule has 1 saturated heterocycles. The SMILES string of the molecule is NC(CC(=O)O)C(=O)NCCCNc1nc(=S)c2ncn([C@@H]3O[C@H](CO)[C@H](O)C3O)c2[nH]1. The van der Waals surface area contributed by atoms with E-state index in [9.17, 15) is 24.9 Å². The van der Waals surface area contributed by atoms with E-state index in [1.165, 1.54) is 10.9 Å². The number of rotatable bonds is 10. The molecule has 3 rings (SSSR count). The average Bonchev–Trinajstić information content (AvgIpc) is 3.28. The van der Waals surface area contributed by atoms with Gasteiger partial charge in [-0.1, -0.05) is 12.2 Å². The summed E-state index contributed by atoms with van der Waals surface area (Å²) >= 11 is 5.27. The molecule has 2 unspecified atom stereocenters. The highest BCUT2D eigenvalue weighted by atomic mass is 32.1. The van der Waals surface area contributed by atoms with Crippen LogP contribution in [0.1, 0.15) is 19.1 Å². The molecule has 3 heterocycles. The van der Waals surface area contributed by atoms with Crippen LogP contribution in [0.4, 0.5) is 5.95 Å². The van der Waals surface area contributed by atoms with Gasteiger partial charge in [-0.3, -0.25) is 14.2 Å². The first kappa shape index (κ1) is 24.0. The topological polar surface area (TPSA) is 221 Å². The van der Waals surface area contributed by atoms with Crippen molar-refractivity contribution in [2.75, 3.05) is 25.0 Å². The van der Waals surface area contributed by atoms with Crippen LogP contribution in [0, 0.1) is 4.64 Å². The number of nitrogens with two attached hydrogens (primary N) is 1. The maximum absolute atomic E-state index is 11.7. The fraction of sp³-hybridized carbons (Fsp3) is 0.588. The Morgan fingerprint density at radius 1 is 1.34 bits per heavy atom. The molecule has 5 atom stereocenters. The number of nitrogens with one attached hydrogen (secondary N) is 3. The molecule has 1 aliphatic heterocycles. The van der Waals surface area contributed by atoms with Crippen molar-refractivity contribution in [2.24, 2.45) is 5.73 Å². The number of hydrogen-bond acceptors (Lipinski definition) is 11. The Balaban J connectivity index is 1.62. The summed E-state index contributed by atoms with van der Waals surface area (Å²) in [6, 6.07) is -1.11. The van der Waals surface area contributed by atoms with Crippen molar-refractivity contribution in [3.63, 3.8) is 0 Å². The van der Waals surface area contributed by atoms with Crippen LogP contribution < -0.4 is 16.4 Å². The lowest BCUT2D eigenvalue weighted by Crippen LogP contribution is -2.42. The quantitative estimate of drug-likeness (QED) is 0.137. The Hall–Kier alpha value is -2.69. The lowest BCUT2D eigenvalue weighted by Gasteiger charge is -2.17. The Kier molecular flexibility index (Phi) is 7.70. The van der Waals surface area contributed by atoms with Crippen molar-refractivity contribution in [1.29, 1.82) is 0 Å². The normalized spacial score (nSPS) is 23.9. The first-order valence-electron chi connectivity index (χ1n) is 9.81. The highest BCUT2D eigenvalue weighted by molar-refractivity contribution is 7.71. The van der Waals surface area contributed by atoms with Crippen molar-refractivity contribution < 1.29 is 34.8 Å². The predicted molar refractivity (Wildman–Crippen MR) is 112 cm³/mol. The van der Waals surface area contributed by atoms with Gasteiger partial charge in [-0.15, -0.1) is 0 Å². The number of carbonyl (C=O) groups is 2. The van der Waals surface area contributed by atoms with E-state index >= 15 is 0 Å². The van der Waals surface area contributed by atoms with Crippen LogP contribution in [-0.4, -0.2) is 95.9 Å². The van der Waals surface area contributed by atoms with Gasteiger partial charge in [-0.25, -0.2) is 9.97 Å². The molecule has 15 heteroatoms. The highest BCUT2D eigenvalue weighted by Gasteiger charge is 2.43. The summed E-state index contributed by atoms with van der Waals surface area (Å²) in [6.45, 7) is 0.201. The number of ether oxygens (including phenoxy) is 1. The van der Waals surface area contributed by atoms with Gasteiger partial charge in [0, 0.05) is 13.1 Å². The summed E-state index contributed by atoms with van der Waals surface area (Å²) in [4.78, 5) is 33.7. The van der Waals surface area contributed by atoms with E-state index in [4.69, 9.17) is 27.8 Å². The molecule has 2 aromatic heterocycles. The zero-order valence-electron chi connectivity index (χ0n) is 16.8. The van der Waals surface area contributed by atoms with Crippen LogP contribution in [0.3, 0.4) is 0 Å². The van der Waals surface area contributed by atoms with Gasteiger partial charge in [-0.05, 0) is 6.42 Å². The number of carbonyl (C=O) groups excluding carboxylic acids is 1. The van der Waals surface area contributed by atoms with Crippen LogP contribution >= 0.6 is 12.2 Å². The number of aromatic amines is 1. The van der Waals surface area contributed by atoms with E-state index in [1.807, 2.05) is 0 Å². The third-order valence-corrected chi connectivity index (χ3v) is 5.20. The Morgan fingerprint density at radius 2 is 2.09 bits per heavy atom. The molecule has 0 aliphatic carbocycles. The van der Waals surface area contributed by atoms with Crippen LogP contribution in [0.5, 0.6) is 0 Å². The molecule has 176 valence electrons. The van der Waals surface area contributed by atoms with E-state index in [0.717, 1.165) is 0 Å². The average molecular weight is 471 g/mol. The van der Waals surface area contributed by atoms with Crippen LogP contribution in [-0.2, 0) is 14.3 Å². The van der Waals surface area contributed by atoms with Crippen molar-refractivity contribution >= 4 is 41.2 Å². The number of anilines is 1. The molecule has 32 heavy (non-hydrogen) atoms. The van der Waals surface area contributed by atoms with Gasteiger partial charge in [0.05, 0.1) is 25.4 Å². The fourth-order valence-corrected chi connectivity index (χ4v) is 3.48. The van der Waals surface area contributed by atoms with E-state index in [-0.39, 0.29) is 11.2 Å². The maximum Gasteiger partial charge on any atom is 0.305 e. The van der Waals surface area contributed by atoms with Gasteiger partial charge in [0.1, 0.15) is 29.5 Å². The first-order valence-corrected chi connectivity index (χ1v) is 10.2. The molecule has 0 bridgehead atoms. The molecule has 1 fully saturated rings. The maximum atomic E-state index is 11.7. The van der Waals surface area contributed by atoms with Gasteiger partial charge in [0.25, 0.3) is 0 Å². The number of aliphatic hydroxyl groups excluding tert-OH is 3. The van der Waals surface area contributed by atoms with Gasteiger partial charge >= 0.3 is 5.97 Å². The molecule has 9 N–H and O–H groups in total. The molecule has 0 radical (unpaired) electrons. The number of H-pyrrole nitrogens is 1. The number of carboxylic acids is 1. The summed E-state index contributed by atoms with van der Waals surface area (Å²) < 4.78 is 7.20. The molecule has 14 nitrogen and oxygen atoms in total. The molecule has 0 saturated carbocycles. The highest BCUT2D eigenvalue weighted by Crippen LogP contribution is 2.31. The minimum atomic E-state index is -1.28. The fourth-order valence-electron chi connectivity index (χ4n) is 3.24. The smallest absolute Gasteiger partial charge is 0.305 e. The number of nitrogens with zero attached hydrogens (tertiary/aromatic N) is 3. The van der Waals surface area contributed by atoms with Crippen molar-refractivity contribution in [3.05, 3.63) is 11.0 Å². The molecule has 0 aromatic carbocycles. The second-order valence-electron chi connectivity index (χ2n) is 7.24. The molecule has 2 aromatic rings. The van der Waals surface area contributed by atoms with Crippen LogP contribution in [0.25, 0.3) is 11.2 Å². The minimum Gasteiger partial charge on any atom is -0.481 e. The molecule has 1 aliphatic rings. The van der Waals surface area contributed by atoms with E-state index in [2.05, 4.69) is 25.6 Å². The number of aromatic nitrogens is 4. The summed E-state index contributed by atoms with van der Waals surface area (Å²) in [5, 5.41) is 43.8. The van der Waals surface area contributed by atoms with Gasteiger partial charge in [-0.2, -0.15) is 0 Å². The largest absolute Gasteiger partial charge is 0.481 e. The number of imidazole rings is 1. The number of aliphatic hydroxyl groups is 3. The van der Waals surface area contributed by atoms with E-state index in [1.54, 1.807) is 0 Å². The van der Waals surface area contributed by atoms with Crippen LogP contribution in [0.2, 0.25) is 0 Å². The summed E-state index contributed by atoms with van der Waals surface area (Å²) in [6.07, 6.45) is -3.05. The lowest BCUT2D eigenvalue weighted by atomic mass is 10.1. The molecule has 0 spiro atoms. The van der Waals surface area contributed by atoms with Crippen molar-refractivity contribution in [2.45, 2.75) is 43.4 Å². The predicted octanol–water partition coefficient (Wildman–Crippen LogP) is -2.18. The number of aliphatic carboxylic acids is 1. The summed E-state index contributed by atoms with van der Waals surface area (Å²) in [7, 11) is 0. The summed E-state index contributed by atoms with van der Waals surface area (Å²) in [5.74, 6) is -1.39. The van der Waals surface area contributed by atoms with Crippen molar-refractivity contribution in [3.8, 4) is 0 Å². The number of hydrogen-bond donors (Lipinski definition) is 8.